The molecular formula is C10H11IN2O2. The molecule has 0 radical (unpaired) electrons. The smallest absolute Gasteiger partial charge is 0.282 e. The molecule has 80 valence electrons. The van der Waals surface area contributed by atoms with Gasteiger partial charge < -0.3 is 15.2 Å². The number of nitrogens with zero attached hydrogens (tertiary/aromatic N) is 1. The van der Waals surface area contributed by atoms with Crippen LogP contribution < -0.4 is 10.5 Å². The van der Waals surface area contributed by atoms with Crippen molar-refractivity contribution >= 4 is 28.6 Å². The van der Waals surface area contributed by atoms with Crippen molar-refractivity contribution in [1.82, 2.24) is 0 Å². The lowest BCUT2D eigenvalue weighted by Crippen LogP contribution is -2.24. The van der Waals surface area contributed by atoms with Gasteiger partial charge in [0.05, 0.1) is 6.54 Å². The summed E-state index contributed by atoms with van der Waals surface area (Å²) in [6.45, 7) is 1.06. The standard InChI is InChI=1S/C10H11IN2O2/c11-7-2-1-3-8(4-7)14-6-9-5-13-10(12)15-9/h1-4,9H,5-6H2,(H2,12,13)/t9-/m0/s1. The van der Waals surface area contributed by atoms with Gasteiger partial charge in [-0.25, -0.2) is 4.99 Å². The molecule has 5 heteroatoms. The molecule has 1 aliphatic rings. The van der Waals surface area contributed by atoms with Crippen molar-refractivity contribution in [3.63, 3.8) is 0 Å². The predicted octanol–water partition coefficient (Wildman–Crippen LogP) is 1.38. The number of aliphatic imine (C=N–C) groups is 1. The molecule has 0 amide bonds. The molecule has 1 atom stereocenters. The lowest BCUT2D eigenvalue weighted by Gasteiger charge is -2.11. The van der Waals surface area contributed by atoms with Gasteiger partial charge in [-0.05, 0) is 40.8 Å². The zero-order chi connectivity index (χ0) is 10.7. The summed E-state index contributed by atoms with van der Waals surface area (Å²) in [6, 6.07) is 8.12. The van der Waals surface area contributed by atoms with E-state index in [0.717, 1.165) is 9.32 Å². The van der Waals surface area contributed by atoms with Crippen LogP contribution in [-0.4, -0.2) is 25.3 Å². The van der Waals surface area contributed by atoms with Gasteiger partial charge in [-0.1, -0.05) is 6.07 Å². The SMILES string of the molecule is NC1=NC[C@@H](COc2cccc(I)c2)O1. The molecule has 1 aromatic rings. The van der Waals surface area contributed by atoms with Crippen LogP contribution in [0.3, 0.4) is 0 Å². The van der Waals surface area contributed by atoms with Gasteiger partial charge in [0.25, 0.3) is 6.02 Å². The van der Waals surface area contributed by atoms with E-state index in [9.17, 15) is 0 Å². The Morgan fingerprint density at radius 1 is 1.60 bits per heavy atom. The van der Waals surface area contributed by atoms with Crippen molar-refractivity contribution in [2.75, 3.05) is 13.2 Å². The normalized spacial score (nSPS) is 19.5. The van der Waals surface area contributed by atoms with E-state index in [0.29, 0.717) is 13.2 Å². The Hall–Kier alpha value is -0.980. The summed E-state index contributed by atoms with van der Waals surface area (Å²) in [6.07, 6.45) is -0.0529. The maximum absolute atomic E-state index is 5.56. The third kappa shape index (κ3) is 2.98. The van der Waals surface area contributed by atoms with Crippen molar-refractivity contribution in [3.8, 4) is 5.75 Å². The van der Waals surface area contributed by atoms with Crippen molar-refractivity contribution in [1.29, 1.82) is 0 Å². The summed E-state index contributed by atoms with van der Waals surface area (Å²) in [5, 5.41) is 0. The predicted molar refractivity (Wildman–Crippen MR) is 66.0 cm³/mol. The lowest BCUT2D eigenvalue weighted by atomic mass is 10.3. The molecule has 2 N–H and O–H groups in total. The number of rotatable bonds is 3. The minimum Gasteiger partial charge on any atom is -0.490 e. The van der Waals surface area contributed by atoms with Crippen LogP contribution in [0, 0.1) is 3.57 Å². The quantitative estimate of drug-likeness (QED) is 0.857. The molecule has 0 bridgehead atoms. The fourth-order valence-electron chi connectivity index (χ4n) is 1.27. The summed E-state index contributed by atoms with van der Waals surface area (Å²) >= 11 is 2.24. The molecule has 15 heavy (non-hydrogen) atoms. The Bertz CT molecular complexity index is 381. The molecule has 2 rings (SSSR count). The zero-order valence-corrected chi connectivity index (χ0v) is 10.2. The van der Waals surface area contributed by atoms with Gasteiger partial charge in [0.15, 0.2) is 6.10 Å². The number of halogens is 1. The van der Waals surface area contributed by atoms with Crippen molar-refractivity contribution in [3.05, 3.63) is 27.8 Å². The number of nitrogens with two attached hydrogens (primary N) is 1. The van der Waals surface area contributed by atoms with Crippen molar-refractivity contribution in [2.24, 2.45) is 10.7 Å². The third-order valence-corrected chi connectivity index (χ3v) is 2.64. The maximum atomic E-state index is 5.56. The minimum absolute atomic E-state index is 0.0529. The highest BCUT2D eigenvalue weighted by Gasteiger charge is 2.17. The Morgan fingerprint density at radius 3 is 3.13 bits per heavy atom. The fraction of sp³-hybridized carbons (Fsp3) is 0.300. The van der Waals surface area contributed by atoms with Gasteiger partial charge >= 0.3 is 0 Å². The first-order valence-electron chi connectivity index (χ1n) is 4.59. The Labute approximate surface area is 102 Å². The van der Waals surface area contributed by atoms with E-state index in [-0.39, 0.29) is 12.1 Å². The average molecular weight is 318 g/mol. The van der Waals surface area contributed by atoms with Crippen LogP contribution in [0.5, 0.6) is 5.75 Å². The zero-order valence-electron chi connectivity index (χ0n) is 8.02. The Morgan fingerprint density at radius 2 is 2.47 bits per heavy atom. The number of benzene rings is 1. The van der Waals surface area contributed by atoms with E-state index in [4.69, 9.17) is 15.2 Å². The van der Waals surface area contributed by atoms with E-state index in [1.807, 2.05) is 24.3 Å². The van der Waals surface area contributed by atoms with E-state index in [1.165, 1.54) is 0 Å². The Kier molecular flexibility index (Phi) is 3.30. The molecule has 4 nitrogen and oxygen atoms in total. The summed E-state index contributed by atoms with van der Waals surface area (Å²) in [5.74, 6) is 0.843. The topological polar surface area (TPSA) is 56.8 Å². The van der Waals surface area contributed by atoms with E-state index in [2.05, 4.69) is 27.6 Å². The van der Waals surface area contributed by atoms with Crippen molar-refractivity contribution in [2.45, 2.75) is 6.10 Å². The summed E-state index contributed by atoms with van der Waals surface area (Å²) < 4.78 is 11.9. The molecular weight excluding hydrogens is 307 g/mol. The molecule has 1 aliphatic heterocycles. The highest BCUT2D eigenvalue weighted by Crippen LogP contribution is 2.15. The van der Waals surface area contributed by atoms with Crippen LogP contribution in [-0.2, 0) is 4.74 Å². The third-order valence-electron chi connectivity index (χ3n) is 1.97. The van der Waals surface area contributed by atoms with Crippen LogP contribution in [0.1, 0.15) is 0 Å². The highest BCUT2D eigenvalue weighted by atomic mass is 127. The van der Waals surface area contributed by atoms with E-state index >= 15 is 0 Å². The molecule has 0 spiro atoms. The van der Waals surface area contributed by atoms with Crippen LogP contribution in [0.15, 0.2) is 29.3 Å². The molecule has 0 aliphatic carbocycles. The van der Waals surface area contributed by atoms with Crippen LogP contribution in [0.2, 0.25) is 0 Å². The van der Waals surface area contributed by atoms with Crippen LogP contribution >= 0.6 is 22.6 Å². The monoisotopic (exact) mass is 318 g/mol. The first kappa shape index (κ1) is 10.5. The number of hydrogen-bond donors (Lipinski definition) is 1. The van der Waals surface area contributed by atoms with E-state index < -0.39 is 0 Å². The number of ether oxygens (including phenoxy) is 2. The van der Waals surface area contributed by atoms with Gasteiger partial charge in [0.1, 0.15) is 12.4 Å². The summed E-state index contributed by atoms with van der Waals surface area (Å²) in [4.78, 5) is 3.94. The molecule has 1 heterocycles. The summed E-state index contributed by atoms with van der Waals surface area (Å²) in [7, 11) is 0. The molecule has 0 aromatic heterocycles. The first-order chi connectivity index (χ1) is 7.24. The highest BCUT2D eigenvalue weighted by molar-refractivity contribution is 14.1. The van der Waals surface area contributed by atoms with Gasteiger partial charge in [-0.2, -0.15) is 0 Å². The second-order valence-corrected chi connectivity index (χ2v) is 4.43. The average Bonchev–Trinajstić information content (AvgIpc) is 2.62. The molecule has 1 aromatic carbocycles. The van der Waals surface area contributed by atoms with Crippen molar-refractivity contribution < 1.29 is 9.47 Å². The second-order valence-electron chi connectivity index (χ2n) is 3.19. The Balaban J connectivity index is 1.84. The van der Waals surface area contributed by atoms with Gasteiger partial charge in [0.2, 0.25) is 0 Å². The van der Waals surface area contributed by atoms with Gasteiger partial charge in [-0.15, -0.1) is 0 Å². The molecule has 0 fully saturated rings. The molecule has 0 unspecified atom stereocenters. The second kappa shape index (κ2) is 4.69. The summed E-state index contributed by atoms with van der Waals surface area (Å²) in [5.41, 5.74) is 5.39. The number of amidine groups is 1. The number of hydrogen-bond acceptors (Lipinski definition) is 4. The van der Waals surface area contributed by atoms with Crippen LogP contribution in [0.4, 0.5) is 0 Å². The lowest BCUT2D eigenvalue weighted by molar-refractivity contribution is 0.141. The van der Waals surface area contributed by atoms with E-state index in [1.54, 1.807) is 0 Å². The fourth-order valence-corrected chi connectivity index (χ4v) is 1.78. The maximum Gasteiger partial charge on any atom is 0.282 e. The first-order valence-corrected chi connectivity index (χ1v) is 5.67. The largest absolute Gasteiger partial charge is 0.490 e. The molecule has 0 saturated heterocycles. The molecule has 0 saturated carbocycles. The van der Waals surface area contributed by atoms with Crippen LogP contribution in [0.25, 0.3) is 0 Å². The van der Waals surface area contributed by atoms with Gasteiger partial charge in [0, 0.05) is 3.57 Å². The van der Waals surface area contributed by atoms with Gasteiger partial charge in [-0.3, -0.25) is 0 Å². The minimum atomic E-state index is -0.0529.